The van der Waals surface area contributed by atoms with Gasteiger partial charge in [-0.2, -0.15) is 0 Å². The lowest BCUT2D eigenvalue weighted by atomic mass is 9.95. The Morgan fingerprint density at radius 2 is 0.808 bits per heavy atom. The largest absolute Gasteiger partial charge is 0.147 e. The smallest absolute Gasteiger partial charge is 0.0624 e. The zero-order chi connectivity index (χ0) is 17.6. The number of rotatable bonds is 1. The number of benzene rings is 4. The highest BCUT2D eigenvalue weighted by molar-refractivity contribution is 7.12. The summed E-state index contributed by atoms with van der Waals surface area (Å²) in [5.74, 6) is 0. The van der Waals surface area contributed by atoms with Crippen LogP contribution in [-0.2, 0) is 0 Å². The monoisotopic (exact) mass is 348 g/mol. The molecular formula is C25H20Si. The lowest BCUT2D eigenvalue weighted by molar-refractivity contribution is 1.62. The Bertz CT molecular complexity index is 1030. The van der Waals surface area contributed by atoms with Gasteiger partial charge in [-0.3, -0.25) is 0 Å². The molecule has 0 aromatic heterocycles. The maximum atomic E-state index is 2.51. The van der Waals surface area contributed by atoms with Crippen LogP contribution in [0.5, 0.6) is 0 Å². The van der Waals surface area contributed by atoms with Gasteiger partial charge in [0.25, 0.3) is 0 Å². The van der Waals surface area contributed by atoms with Crippen molar-refractivity contribution in [3.8, 4) is 22.3 Å². The zero-order valence-corrected chi connectivity index (χ0v) is 15.8. The molecule has 0 atom stereocenters. The van der Waals surface area contributed by atoms with Crippen LogP contribution in [0.1, 0.15) is 0 Å². The van der Waals surface area contributed by atoms with Crippen LogP contribution < -0.4 is 15.6 Å². The molecule has 1 aliphatic rings. The fraction of sp³-hybridized carbons (Fsp3) is 0.0400. The van der Waals surface area contributed by atoms with Crippen LogP contribution in [0, 0.1) is 0 Å². The summed E-state index contributed by atoms with van der Waals surface area (Å²) in [4.78, 5) is 0. The van der Waals surface area contributed by atoms with Gasteiger partial charge in [0.1, 0.15) is 8.07 Å². The Labute approximate surface area is 155 Å². The van der Waals surface area contributed by atoms with Crippen molar-refractivity contribution in [2.45, 2.75) is 6.55 Å². The van der Waals surface area contributed by atoms with Crippen LogP contribution in [0.25, 0.3) is 22.3 Å². The molecule has 0 saturated carbocycles. The predicted molar refractivity (Wildman–Crippen MR) is 114 cm³/mol. The molecule has 0 radical (unpaired) electrons. The molecule has 0 fully saturated rings. The maximum absolute atomic E-state index is 2.51. The van der Waals surface area contributed by atoms with E-state index in [-0.39, 0.29) is 0 Å². The van der Waals surface area contributed by atoms with Crippen molar-refractivity contribution in [2.75, 3.05) is 0 Å². The first kappa shape index (κ1) is 15.4. The minimum Gasteiger partial charge on any atom is -0.0624 e. The van der Waals surface area contributed by atoms with Crippen molar-refractivity contribution in [2.24, 2.45) is 0 Å². The third-order valence-corrected chi connectivity index (χ3v) is 10.3. The van der Waals surface area contributed by atoms with E-state index < -0.39 is 8.07 Å². The fourth-order valence-corrected chi connectivity index (χ4v) is 8.63. The molecule has 124 valence electrons. The molecule has 26 heavy (non-hydrogen) atoms. The highest BCUT2D eigenvalue weighted by Gasteiger charge is 2.40. The first-order chi connectivity index (χ1) is 12.8. The molecule has 0 saturated heterocycles. The maximum Gasteiger partial charge on any atom is 0.147 e. The lowest BCUT2D eigenvalue weighted by Gasteiger charge is -2.31. The lowest BCUT2D eigenvalue weighted by Crippen LogP contribution is -2.65. The van der Waals surface area contributed by atoms with E-state index in [9.17, 15) is 0 Å². The summed E-state index contributed by atoms with van der Waals surface area (Å²) in [6.07, 6.45) is 0. The van der Waals surface area contributed by atoms with Gasteiger partial charge < -0.3 is 0 Å². The molecule has 0 amide bonds. The Kier molecular flexibility index (Phi) is 3.44. The number of fused-ring (bicyclic) bond motifs is 5. The fourth-order valence-electron chi connectivity index (χ4n) is 4.49. The van der Waals surface area contributed by atoms with E-state index in [2.05, 4.69) is 110 Å². The van der Waals surface area contributed by atoms with Crippen molar-refractivity contribution in [3.63, 3.8) is 0 Å². The van der Waals surface area contributed by atoms with E-state index in [1.165, 1.54) is 37.8 Å². The van der Waals surface area contributed by atoms with Gasteiger partial charge in [0.05, 0.1) is 0 Å². The van der Waals surface area contributed by atoms with E-state index in [1.54, 1.807) is 0 Å². The van der Waals surface area contributed by atoms with Crippen LogP contribution in [0.4, 0.5) is 0 Å². The van der Waals surface area contributed by atoms with Crippen molar-refractivity contribution in [3.05, 3.63) is 103 Å². The molecular weight excluding hydrogens is 328 g/mol. The first-order valence-electron chi connectivity index (χ1n) is 9.14. The summed E-state index contributed by atoms with van der Waals surface area (Å²) in [7, 11) is -2.10. The summed E-state index contributed by atoms with van der Waals surface area (Å²) in [5.41, 5.74) is 5.47. The molecule has 0 bridgehead atoms. The van der Waals surface area contributed by atoms with Gasteiger partial charge in [-0.15, -0.1) is 0 Å². The summed E-state index contributed by atoms with van der Waals surface area (Å²) < 4.78 is 0. The second-order valence-corrected chi connectivity index (χ2v) is 11.0. The molecule has 0 nitrogen and oxygen atoms in total. The van der Waals surface area contributed by atoms with E-state index in [1.807, 2.05) is 0 Å². The molecule has 1 heteroatoms. The van der Waals surface area contributed by atoms with E-state index in [0.29, 0.717) is 0 Å². The second-order valence-electron chi connectivity index (χ2n) is 7.13. The summed E-state index contributed by atoms with van der Waals surface area (Å²) >= 11 is 0. The Balaban J connectivity index is 1.99. The highest BCUT2D eigenvalue weighted by atomic mass is 28.3. The minimum absolute atomic E-state index is 1.35. The predicted octanol–water partition coefficient (Wildman–Crippen LogP) is 4.43. The van der Waals surface area contributed by atoms with Gasteiger partial charge in [0, 0.05) is 0 Å². The third kappa shape index (κ3) is 2.07. The zero-order valence-electron chi connectivity index (χ0n) is 14.8. The average molecular weight is 349 g/mol. The number of hydrogen-bond donors (Lipinski definition) is 0. The van der Waals surface area contributed by atoms with E-state index in [4.69, 9.17) is 0 Å². The molecule has 0 N–H and O–H groups in total. The molecule has 0 aliphatic carbocycles. The van der Waals surface area contributed by atoms with Crippen molar-refractivity contribution >= 4 is 23.6 Å². The topological polar surface area (TPSA) is 0 Å². The van der Waals surface area contributed by atoms with Crippen LogP contribution in [-0.4, -0.2) is 8.07 Å². The van der Waals surface area contributed by atoms with E-state index >= 15 is 0 Å². The standard InChI is InChI=1S/C25H20Si/c1-26(19-11-3-2-4-12-19)24-17-9-7-15-22(24)20-13-5-6-14-21(20)23-16-8-10-18-25(23)26/h2-18H,1H3. The van der Waals surface area contributed by atoms with Crippen molar-refractivity contribution in [1.82, 2.24) is 0 Å². The highest BCUT2D eigenvalue weighted by Crippen LogP contribution is 2.35. The summed E-state index contributed by atoms with van der Waals surface area (Å²) in [6.45, 7) is 2.51. The molecule has 4 aromatic rings. The van der Waals surface area contributed by atoms with Crippen LogP contribution in [0.2, 0.25) is 6.55 Å². The van der Waals surface area contributed by atoms with Gasteiger partial charge in [-0.05, 0) is 37.8 Å². The van der Waals surface area contributed by atoms with Crippen LogP contribution in [0.15, 0.2) is 103 Å². The SMILES string of the molecule is C[Si]1(c2ccccc2)c2ccccc2-c2ccccc2-c2ccccc21. The van der Waals surface area contributed by atoms with Gasteiger partial charge in [-0.1, -0.05) is 110 Å². The normalized spacial score (nSPS) is 13.9. The Hall–Kier alpha value is -2.90. The molecule has 1 aliphatic heterocycles. The average Bonchev–Trinajstić information content (AvgIpc) is 2.82. The van der Waals surface area contributed by atoms with E-state index in [0.717, 1.165) is 0 Å². The van der Waals surface area contributed by atoms with Gasteiger partial charge in [-0.25, -0.2) is 0 Å². The summed E-state index contributed by atoms with van der Waals surface area (Å²) in [6, 6.07) is 38.0. The number of hydrogen-bond acceptors (Lipinski definition) is 0. The molecule has 5 rings (SSSR count). The quantitative estimate of drug-likeness (QED) is 0.446. The molecule has 0 spiro atoms. The third-order valence-electron chi connectivity index (χ3n) is 5.79. The van der Waals surface area contributed by atoms with Crippen molar-refractivity contribution in [1.29, 1.82) is 0 Å². The minimum atomic E-state index is -2.10. The molecule has 1 heterocycles. The Morgan fingerprint density at radius 3 is 1.31 bits per heavy atom. The van der Waals surface area contributed by atoms with Crippen LogP contribution in [0.3, 0.4) is 0 Å². The molecule has 4 aromatic carbocycles. The van der Waals surface area contributed by atoms with Crippen molar-refractivity contribution < 1.29 is 0 Å². The van der Waals surface area contributed by atoms with Gasteiger partial charge in [0.2, 0.25) is 0 Å². The second kappa shape index (κ2) is 5.82. The van der Waals surface area contributed by atoms with Crippen LogP contribution >= 0.6 is 0 Å². The molecule has 0 unspecified atom stereocenters. The first-order valence-corrected chi connectivity index (χ1v) is 11.6. The van der Waals surface area contributed by atoms with Gasteiger partial charge in [0.15, 0.2) is 0 Å². The van der Waals surface area contributed by atoms with Gasteiger partial charge >= 0.3 is 0 Å². The Morgan fingerprint density at radius 1 is 0.423 bits per heavy atom. The summed E-state index contributed by atoms with van der Waals surface area (Å²) in [5, 5.41) is 4.47.